The molecule has 0 amide bonds. The highest BCUT2D eigenvalue weighted by Gasteiger charge is 2.14. The molecule has 21 heavy (non-hydrogen) atoms. The standard InChI is InChI=1S/C14H19N5OS/c15-11-5-6-13(20)18(10-11)8-9-21-14-17-16-12-4-2-1-3-7-19(12)14/h5-6,10H,1-4,7-9,15H2. The Bertz CT molecular complexity index is 678. The van der Waals surface area contributed by atoms with Crippen LogP contribution in [0.15, 0.2) is 28.3 Å². The number of aromatic nitrogens is 4. The number of nitrogens with zero attached hydrogens (tertiary/aromatic N) is 4. The first-order valence-corrected chi connectivity index (χ1v) is 8.23. The van der Waals surface area contributed by atoms with Gasteiger partial charge in [0.05, 0.1) is 0 Å². The summed E-state index contributed by atoms with van der Waals surface area (Å²) in [6, 6.07) is 3.13. The number of aryl methyl sites for hydroxylation is 2. The van der Waals surface area contributed by atoms with E-state index >= 15 is 0 Å². The van der Waals surface area contributed by atoms with E-state index in [1.165, 1.54) is 25.3 Å². The molecule has 0 saturated carbocycles. The van der Waals surface area contributed by atoms with Crippen molar-refractivity contribution in [3.63, 3.8) is 0 Å². The molecule has 0 aromatic carbocycles. The van der Waals surface area contributed by atoms with Crippen molar-refractivity contribution >= 4 is 17.4 Å². The molecule has 0 bridgehead atoms. The molecular formula is C14H19N5OS. The fourth-order valence-electron chi connectivity index (χ4n) is 2.52. The molecule has 0 fully saturated rings. The summed E-state index contributed by atoms with van der Waals surface area (Å²) >= 11 is 1.65. The molecule has 0 saturated heterocycles. The molecule has 0 aliphatic carbocycles. The van der Waals surface area contributed by atoms with Crippen molar-refractivity contribution in [2.24, 2.45) is 0 Å². The van der Waals surface area contributed by atoms with Crippen LogP contribution in [0.2, 0.25) is 0 Å². The number of pyridine rings is 1. The Kier molecular flexibility index (Phi) is 4.28. The van der Waals surface area contributed by atoms with Gasteiger partial charge >= 0.3 is 0 Å². The van der Waals surface area contributed by atoms with Gasteiger partial charge in [0.15, 0.2) is 5.16 Å². The van der Waals surface area contributed by atoms with E-state index in [1.54, 1.807) is 28.6 Å². The maximum absolute atomic E-state index is 11.7. The monoisotopic (exact) mass is 305 g/mol. The SMILES string of the molecule is Nc1ccc(=O)n(CCSc2nnc3n2CCCCC3)c1. The lowest BCUT2D eigenvalue weighted by Gasteiger charge is -2.08. The summed E-state index contributed by atoms with van der Waals surface area (Å²) in [5.41, 5.74) is 6.29. The summed E-state index contributed by atoms with van der Waals surface area (Å²) in [6.07, 6.45) is 6.34. The number of rotatable bonds is 4. The smallest absolute Gasteiger partial charge is 0.250 e. The number of fused-ring (bicyclic) bond motifs is 1. The highest BCUT2D eigenvalue weighted by Crippen LogP contribution is 2.21. The van der Waals surface area contributed by atoms with E-state index in [-0.39, 0.29) is 5.56 Å². The second kappa shape index (κ2) is 6.34. The van der Waals surface area contributed by atoms with Crippen molar-refractivity contribution in [3.05, 3.63) is 34.5 Å². The average molecular weight is 305 g/mol. The zero-order valence-corrected chi connectivity index (χ0v) is 12.7. The van der Waals surface area contributed by atoms with Crippen LogP contribution in [0.25, 0.3) is 0 Å². The Morgan fingerprint density at radius 1 is 1.24 bits per heavy atom. The van der Waals surface area contributed by atoms with Crippen LogP contribution in [0.5, 0.6) is 0 Å². The first kappa shape index (κ1) is 14.2. The second-order valence-electron chi connectivity index (χ2n) is 5.20. The molecule has 2 aromatic heterocycles. The minimum absolute atomic E-state index is 0.0233. The number of hydrogen-bond donors (Lipinski definition) is 1. The van der Waals surface area contributed by atoms with Gasteiger partial charge in [-0.15, -0.1) is 10.2 Å². The summed E-state index contributed by atoms with van der Waals surface area (Å²) in [7, 11) is 0. The van der Waals surface area contributed by atoms with Gasteiger partial charge in [-0.3, -0.25) is 4.79 Å². The number of thioether (sulfide) groups is 1. The third-order valence-electron chi connectivity index (χ3n) is 3.65. The molecule has 112 valence electrons. The van der Waals surface area contributed by atoms with Gasteiger partial charge in [-0.05, 0) is 18.9 Å². The van der Waals surface area contributed by atoms with E-state index in [2.05, 4.69) is 14.8 Å². The number of hydrogen-bond acceptors (Lipinski definition) is 5. The minimum atomic E-state index is -0.0233. The Hall–Kier alpha value is -1.76. The summed E-state index contributed by atoms with van der Waals surface area (Å²) in [5, 5.41) is 9.51. The molecule has 0 atom stereocenters. The fraction of sp³-hybridized carbons (Fsp3) is 0.500. The highest BCUT2D eigenvalue weighted by molar-refractivity contribution is 7.99. The quantitative estimate of drug-likeness (QED) is 0.867. The normalized spacial score (nSPS) is 14.7. The summed E-state index contributed by atoms with van der Waals surface area (Å²) in [6.45, 7) is 1.62. The Morgan fingerprint density at radius 2 is 2.14 bits per heavy atom. The van der Waals surface area contributed by atoms with Crippen molar-refractivity contribution in [2.75, 3.05) is 11.5 Å². The lowest BCUT2D eigenvalue weighted by Crippen LogP contribution is -2.20. The van der Waals surface area contributed by atoms with Crippen molar-refractivity contribution in [1.82, 2.24) is 19.3 Å². The fourth-order valence-corrected chi connectivity index (χ4v) is 3.45. The van der Waals surface area contributed by atoms with Crippen molar-refractivity contribution < 1.29 is 0 Å². The van der Waals surface area contributed by atoms with E-state index in [1.807, 2.05) is 0 Å². The van der Waals surface area contributed by atoms with Crippen LogP contribution in [0, 0.1) is 0 Å². The van der Waals surface area contributed by atoms with Crippen LogP contribution in [0.1, 0.15) is 25.1 Å². The van der Waals surface area contributed by atoms with Gasteiger partial charge < -0.3 is 14.9 Å². The predicted octanol–water partition coefficient (Wildman–Crippen LogP) is 1.54. The van der Waals surface area contributed by atoms with E-state index in [9.17, 15) is 4.79 Å². The molecule has 1 aliphatic heterocycles. The third kappa shape index (κ3) is 3.29. The van der Waals surface area contributed by atoms with Gasteiger partial charge in [0.2, 0.25) is 0 Å². The molecule has 3 heterocycles. The molecule has 2 aromatic rings. The first-order valence-electron chi connectivity index (χ1n) is 7.25. The van der Waals surface area contributed by atoms with Crippen LogP contribution in [-0.2, 0) is 19.5 Å². The molecule has 0 spiro atoms. The van der Waals surface area contributed by atoms with Gasteiger partial charge in [-0.1, -0.05) is 18.2 Å². The minimum Gasteiger partial charge on any atom is -0.398 e. The van der Waals surface area contributed by atoms with Gasteiger partial charge in [0, 0.05) is 43.2 Å². The van der Waals surface area contributed by atoms with Gasteiger partial charge in [-0.25, -0.2) is 0 Å². The Labute approximate surface area is 127 Å². The average Bonchev–Trinajstić information content (AvgIpc) is 2.71. The summed E-state index contributed by atoms with van der Waals surface area (Å²) < 4.78 is 3.86. The van der Waals surface area contributed by atoms with Crippen LogP contribution >= 0.6 is 11.8 Å². The number of anilines is 1. The first-order chi connectivity index (χ1) is 10.2. The molecule has 2 N–H and O–H groups in total. The largest absolute Gasteiger partial charge is 0.398 e. The number of nitrogens with two attached hydrogens (primary N) is 1. The lowest BCUT2D eigenvalue weighted by atomic mass is 10.2. The Balaban J connectivity index is 1.64. The molecule has 7 heteroatoms. The van der Waals surface area contributed by atoms with Crippen LogP contribution < -0.4 is 11.3 Å². The van der Waals surface area contributed by atoms with Gasteiger partial charge in [0.1, 0.15) is 5.82 Å². The number of nitrogen functional groups attached to an aromatic ring is 1. The van der Waals surface area contributed by atoms with E-state index in [4.69, 9.17) is 5.73 Å². The Morgan fingerprint density at radius 3 is 3.05 bits per heavy atom. The third-order valence-corrected chi connectivity index (χ3v) is 4.59. The molecule has 3 rings (SSSR count). The van der Waals surface area contributed by atoms with E-state index in [0.717, 1.165) is 29.7 Å². The molecule has 0 radical (unpaired) electrons. The second-order valence-corrected chi connectivity index (χ2v) is 6.27. The highest BCUT2D eigenvalue weighted by atomic mass is 32.2. The van der Waals surface area contributed by atoms with Crippen molar-refractivity contribution in [1.29, 1.82) is 0 Å². The van der Waals surface area contributed by atoms with E-state index in [0.29, 0.717) is 12.2 Å². The topological polar surface area (TPSA) is 78.7 Å². The van der Waals surface area contributed by atoms with Gasteiger partial charge in [-0.2, -0.15) is 0 Å². The molecular weight excluding hydrogens is 286 g/mol. The lowest BCUT2D eigenvalue weighted by molar-refractivity contribution is 0.590. The summed E-state index contributed by atoms with van der Waals surface area (Å²) in [4.78, 5) is 11.7. The zero-order valence-electron chi connectivity index (χ0n) is 11.9. The maximum atomic E-state index is 11.7. The molecule has 0 unspecified atom stereocenters. The predicted molar refractivity (Wildman–Crippen MR) is 83.4 cm³/mol. The van der Waals surface area contributed by atoms with E-state index < -0.39 is 0 Å². The van der Waals surface area contributed by atoms with Crippen LogP contribution in [0.4, 0.5) is 5.69 Å². The molecule has 1 aliphatic rings. The van der Waals surface area contributed by atoms with Crippen LogP contribution in [-0.4, -0.2) is 25.1 Å². The van der Waals surface area contributed by atoms with Crippen molar-refractivity contribution in [2.45, 2.75) is 43.9 Å². The van der Waals surface area contributed by atoms with Crippen molar-refractivity contribution in [3.8, 4) is 0 Å². The maximum Gasteiger partial charge on any atom is 0.250 e. The summed E-state index contributed by atoms with van der Waals surface area (Å²) in [5.74, 6) is 1.87. The molecule has 6 nitrogen and oxygen atoms in total. The van der Waals surface area contributed by atoms with Gasteiger partial charge in [0.25, 0.3) is 5.56 Å². The zero-order chi connectivity index (χ0) is 14.7. The van der Waals surface area contributed by atoms with Crippen LogP contribution in [0.3, 0.4) is 0 Å².